The molecule has 2 aromatic carbocycles. The van der Waals surface area contributed by atoms with Gasteiger partial charge in [0.1, 0.15) is 0 Å². The molecule has 0 aromatic heterocycles. The highest BCUT2D eigenvalue weighted by atomic mass is 14.9. The van der Waals surface area contributed by atoms with Crippen LogP contribution in [0.2, 0.25) is 0 Å². The SMILES string of the molecule is CCNC(Cc1cccc(C)c1)C(CC)c1ccccc1. The first kappa shape index (κ1) is 15.8. The Balaban J connectivity index is 2.20. The van der Waals surface area contributed by atoms with Crippen LogP contribution in [0, 0.1) is 6.92 Å². The van der Waals surface area contributed by atoms with Gasteiger partial charge in [0, 0.05) is 6.04 Å². The van der Waals surface area contributed by atoms with Crippen molar-refractivity contribution in [3.05, 3.63) is 71.3 Å². The minimum absolute atomic E-state index is 0.490. The second-order valence-electron chi connectivity index (χ2n) is 5.78. The molecular weight excluding hydrogens is 254 g/mol. The van der Waals surface area contributed by atoms with Crippen LogP contribution in [0.1, 0.15) is 42.9 Å². The van der Waals surface area contributed by atoms with Crippen molar-refractivity contribution in [3.8, 4) is 0 Å². The maximum Gasteiger partial charge on any atom is 0.0176 e. The van der Waals surface area contributed by atoms with Crippen LogP contribution in [0.5, 0.6) is 0 Å². The minimum atomic E-state index is 0.490. The van der Waals surface area contributed by atoms with Gasteiger partial charge in [0.05, 0.1) is 0 Å². The molecule has 2 aromatic rings. The zero-order chi connectivity index (χ0) is 15.1. The van der Waals surface area contributed by atoms with Gasteiger partial charge in [0.15, 0.2) is 0 Å². The number of aryl methyl sites for hydroxylation is 1. The molecule has 0 saturated carbocycles. The minimum Gasteiger partial charge on any atom is -0.313 e. The summed E-state index contributed by atoms with van der Waals surface area (Å²) in [5, 5.41) is 3.70. The van der Waals surface area contributed by atoms with Crippen LogP contribution in [-0.4, -0.2) is 12.6 Å². The van der Waals surface area contributed by atoms with E-state index in [-0.39, 0.29) is 0 Å². The van der Waals surface area contributed by atoms with Crippen LogP contribution in [0.4, 0.5) is 0 Å². The lowest BCUT2D eigenvalue weighted by atomic mass is 9.85. The van der Waals surface area contributed by atoms with Crippen molar-refractivity contribution in [2.24, 2.45) is 0 Å². The molecule has 0 amide bonds. The fraction of sp³-hybridized carbons (Fsp3) is 0.400. The summed E-state index contributed by atoms with van der Waals surface area (Å²) in [6.45, 7) is 7.67. The van der Waals surface area contributed by atoms with E-state index in [2.05, 4.69) is 80.7 Å². The topological polar surface area (TPSA) is 12.0 Å². The first-order chi connectivity index (χ1) is 10.2. The average molecular weight is 281 g/mol. The van der Waals surface area contributed by atoms with Crippen molar-refractivity contribution in [2.75, 3.05) is 6.54 Å². The Bertz CT molecular complexity index is 533. The number of hydrogen-bond donors (Lipinski definition) is 1. The van der Waals surface area contributed by atoms with E-state index in [1.54, 1.807) is 0 Å². The molecule has 2 unspecified atom stereocenters. The molecule has 2 rings (SSSR count). The van der Waals surface area contributed by atoms with Gasteiger partial charge >= 0.3 is 0 Å². The standard InChI is InChI=1S/C20H27N/c1-4-19(18-12-7-6-8-13-18)20(21-5-2)15-17-11-9-10-16(3)14-17/h6-14,19-21H,4-5,15H2,1-3H3. The molecule has 0 bridgehead atoms. The lowest BCUT2D eigenvalue weighted by Crippen LogP contribution is -2.36. The first-order valence-electron chi connectivity index (χ1n) is 8.08. The molecule has 0 spiro atoms. The fourth-order valence-electron chi connectivity index (χ4n) is 3.16. The van der Waals surface area contributed by atoms with Crippen LogP contribution in [0.15, 0.2) is 54.6 Å². The van der Waals surface area contributed by atoms with Crippen LogP contribution >= 0.6 is 0 Å². The summed E-state index contributed by atoms with van der Waals surface area (Å²) >= 11 is 0. The number of nitrogens with one attached hydrogen (secondary N) is 1. The second-order valence-corrected chi connectivity index (χ2v) is 5.78. The fourth-order valence-corrected chi connectivity index (χ4v) is 3.16. The summed E-state index contributed by atoms with van der Waals surface area (Å²) in [7, 11) is 0. The van der Waals surface area contributed by atoms with Crippen molar-refractivity contribution in [1.29, 1.82) is 0 Å². The molecule has 1 N–H and O–H groups in total. The molecule has 0 saturated heterocycles. The Kier molecular flexibility index (Phi) is 6.01. The Labute approximate surface area is 129 Å². The molecular formula is C20H27N. The Morgan fingerprint density at radius 1 is 0.952 bits per heavy atom. The van der Waals surface area contributed by atoms with Gasteiger partial charge in [-0.25, -0.2) is 0 Å². The third-order valence-electron chi connectivity index (χ3n) is 4.16. The molecule has 0 aliphatic heterocycles. The highest BCUT2D eigenvalue weighted by Crippen LogP contribution is 2.25. The molecule has 1 heteroatoms. The van der Waals surface area contributed by atoms with Gasteiger partial charge in [-0.3, -0.25) is 0 Å². The quantitative estimate of drug-likeness (QED) is 0.775. The highest BCUT2D eigenvalue weighted by Gasteiger charge is 2.21. The first-order valence-corrected chi connectivity index (χ1v) is 8.08. The van der Waals surface area contributed by atoms with Gasteiger partial charge in [-0.2, -0.15) is 0 Å². The molecule has 112 valence electrons. The number of likely N-dealkylation sites (N-methyl/N-ethyl adjacent to an activating group) is 1. The molecule has 0 aliphatic rings. The van der Waals surface area contributed by atoms with Gasteiger partial charge in [-0.15, -0.1) is 0 Å². The van der Waals surface area contributed by atoms with Gasteiger partial charge < -0.3 is 5.32 Å². The van der Waals surface area contributed by atoms with Crippen molar-refractivity contribution in [1.82, 2.24) is 5.32 Å². The smallest absolute Gasteiger partial charge is 0.0176 e. The lowest BCUT2D eigenvalue weighted by Gasteiger charge is -2.28. The monoisotopic (exact) mass is 281 g/mol. The van der Waals surface area contributed by atoms with Crippen LogP contribution in [0.25, 0.3) is 0 Å². The molecule has 1 nitrogen and oxygen atoms in total. The van der Waals surface area contributed by atoms with Crippen molar-refractivity contribution in [3.63, 3.8) is 0 Å². The van der Waals surface area contributed by atoms with Crippen molar-refractivity contribution < 1.29 is 0 Å². The second kappa shape index (κ2) is 7.99. The lowest BCUT2D eigenvalue weighted by molar-refractivity contribution is 0.428. The van der Waals surface area contributed by atoms with E-state index < -0.39 is 0 Å². The van der Waals surface area contributed by atoms with E-state index in [9.17, 15) is 0 Å². The molecule has 2 atom stereocenters. The zero-order valence-corrected chi connectivity index (χ0v) is 13.5. The third kappa shape index (κ3) is 4.44. The number of hydrogen-bond acceptors (Lipinski definition) is 1. The predicted octanol–water partition coefficient (Wildman–Crippen LogP) is 4.71. The Hall–Kier alpha value is -1.60. The maximum absolute atomic E-state index is 3.70. The summed E-state index contributed by atoms with van der Waals surface area (Å²) in [6, 6.07) is 20.3. The Morgan fingerprint density at radius 3 is 2.33 bits per heavy atom. The van der Waals surface area contributed by atoms with Crippen LogP contribution < -0.4 is 5.32 Å². The van der Waals surface area contributed by atoms with Gasteiger partial charge in [0.25, 0.3) is 0 Å². The predicted molar refractivity (Wildman–Crippen MR) is 91.8 cm³/mol. The van der Waals surface area contributed by atoms with Gasteiger partial charge in [0.2, 0.25) is 0 Å². The summed E-state index contributed by atoms with van der Waals surface area (Å²) < 4.78 is 0. The normalized spacial score (nSPS) is 13.9. The van der Waals surface area contributed by atoms with E-state index in [0.717, 1.165) is 19.4 Å². The summed E-state index contributed by atoms with van der Waals surface area (Å²) in [5.74, 6) is 0.562. The molecule has 21 heavy (non-hydrogen) atoms. The summed E-state index contributed by atoms with van der Waals surface area (Å²) in [6.07, 6.45) is 2.25. The largest absolute Gasteiger partial charge is 0.313 e. The molecule has 0 aliphatic carbocycles. The zero-order valence-electron chi connectivity index (χ0n) is 13.5. The van der Waals surface area contributed by atoms with Crippen LogP contribution in [-0.2, 0) is 6.42 Å². The molecule has 0 heterocycles. The third-order valence-corrected chi connectivity index (χ3v) is 4.16. The molecule has 0 radical (unpaired) electrons. The number of benzene rings is 2. The summed E-state index contributed by atoms with van der Waals surface area (Å²) in [5.41, 5.74) is 4.21. The van der Waals surface area contributed by atoms with Gasteiger partial charge in [-0.05, 0) is 43.4 Å². The Morgan fingerprint density at radius 2 is 1.71 bits per heavy atom. The van der Waals surface area contributed by atoms with E-state index in [1.807, 2.05) is 0 Å². The molecule has 0 fully saturated rings. The number of rotatable bonds is 7. The highest BCUT2D eigenvalue weighted by molar-refractivity contribution is 5.26. The van der Waals surface area contributed by atoms with Gasteiger partial charge in [-0.1, -0.05) is 74.0 Å². The van der Waals surface area contributed by atoms with Crippen molar-refractivity contribution >= 4 is 0 Å². The summed E-state index contributed by atoms with van der Waals surface area (Å²) in [4.78, 5) is 0. The van der Waals surface area contributed by atoms with E-state index in [1.165, 1.54) is 16.7 Å². The van der Waals surface area contributed by atoms with E-state index in [0.29, 0.717) is 12.0 Å². The van der Waals surface area contributed by atoms with Crippen molar-refractivity contribution in [2.45, 2.75) is 45.6 Å². The maximum atomic E-state index is 3.70. The average Bonchev–Trinajstić information content (AvgIpc) is 2.49. The van der Waals surface area contributed by atoms with E-state index >= 15 is 0 Å². The van der Waals surface area contributed by atoms with Crippen LogP contribution in [0.3, 0.4) is 0 Å². The van der Waals surface area contributed by atoms with E-state index in [4.69, 9.17) is 0 Å².